The van der Waals surface area contributed by atoms with Crippen LogP contribution in [-0.2, 0) is 16.0 Å². The normalized spacial score (nSPS) is 26.2. The first-order valence-electron chi connectivity index (χ1n) is 8.94. The molecule has 3 atom stereocenters. The summed E-state index contributed by atoms with van der Waals surface area (Å²) < 4.78 is 5.65. The van der Waals surface area contributed by atoms with E-state index in [4.69, 9.17) is 4.74 Å². The highest BCUT2D eigenvalue weighted by molar-refractivity contribution is 5.82. The molecule has 1 N–H and O–H groups in total. The average molecular weight is 316 g/mol. The van der Waals surface area contributed by atoms with Crippen molar-refractivity contribution in [2.45, 2.75) is 57.2 Å². The topological polar surface area (TPSA) is 41.6 Å². The highest BCUT2D eigenvalue weighted by Crippen LogP contribution is 2.17. The molecular formula is C19H28N2O2. The van der Waals surface area contributed by atoms with Crippen LogP contribution in [0.2, 0.25) is 0 Å². The lowest BCUT2D eigenvalue weighted by molar-refractivity contribution is -0.134. The number of rotatable bonds is 5. The molecule has 2 aliphatic heterocycles. The highest BCUT2D eigenvalue weighted by Gasteiger charge is 2.31. The van der Waals surface area contributed by atoms with Crippen LogP contribution in [0.5, 0.6) is 0 Å². The van der Waals surface area contributed by atoms with Crippen LogP contribution in [0.15, 0.2) is 30.3 Å². The molecule has 0 bridgehead atoms. The number of piperidine rings is 1. The van der Waals surface area contributed by atoms with Crippen LogP contribution in [0.25, 0.3) is 0 Å². The summed E-state index contributed by atoms with van der Waals surface area (Å²) >= 11 is 0. The molecule has 1 aromatic rings. The summed E-state index contributed by atoms with van der Waals surface area (Å²) in [5.41, 5.74) is 1.21. The van der Waals surface area contributed by atoms with Crippen LogP contribution in [0.4, 0.5) is 0 Å². The lowest BCUT2D eigenvalue weighted by Gasteiger charge is -2.32. The molecule has 126 valence electrons. The molecule has 0 spiro atoms. The molecular weight excluding hydrogens is 288 g/mol. The number of ether oxygens (including phenoxy) is 1. The van der Waals surface area contributed by atoms with Crippen LogP contribution in [0.3, 0.4) is 0 Å². The third-order valence-electron chi connectivity index (χ3n) is 5.04. The third kappa shape index (κ3) is 4.33. The van der Waals surface area contributed by atoms with Gasteiger partial charge in [0.05, 0.1) is 12.1 Å². The number of hydrogen-bond acceptors (Lipinski definition) is 3. The molecule has 0 unspecified atom stereocenters. The molecule has 3 rings (SSSR count). The van der Waals surface area contributed by atoms with Crippen molar-refractivity contribution in [2.75, 3.05) is 19.7 Å². The molecule has 1 amide bonds. The molecule has 2 saturated heterocycles. The van der Waals surface area contributed by atoms with Crippen molar-refractivity contribution in [1.82, 2.24) is 10.2 Å². The van der Waals surface area contributed by atoms with Crippen LogP contribution >= 0.6 is 0 Å². The number of carbonyl (C=O) groups excluding carboxylic acids is 1. The van der Waals surface area contributed by atoms with Crippen LogP contribution < -0.4 is 5.32 Å². The molecule has 0 aromatic heterocycles. The van der Waals surface area contributed by atoms with E-state index in [1.54, 1.807) is 0 Å². The minimum Gasteiger partial charge on any atom is -0.377 e. The van der Waals surface area contributed by atoms with E-state index >= 15 is 0 Å². The van der Waals surface area contributed by atoms with Gasteiger partial charge in [0, 0.05) is 25.7 Å². The second kappa shape index (κ2) is 7.93. The number of carbonyl (C=O) groups is 1. The first kappa shape index (κ1) is 16.5. The van der Waals surface area contributed by atoms with Crippen molar-refractivity contribution >= 4 is 5.91 Å². The maximum absolute atomic E-state index is 13.0. The molecule has 0 aliphatic carbocycles. The second-order valence-corrected chi connectivity index (χ2v) is 6.77. The van der Waals surface area contributed by atoms with Crippen molar-refractivity contribution in [3.05, 3.63) is 35.9 Å². The molecule has 2 heterocycles. The summed E-state index contributed by atoms with van der Waals surface area (Å²) in [6, 6.07) is 10.4. The van der Waals surface area contributed by atoms with Gasteiger partial charge in [-0.25, -0.2) is 0 Å². The zero-order valence-electron chi connectivity index (χ0n) is 14.0. The quantitative estimate of drug-likeness (QED) is 0.907. The number of benzene rings is 1. The van der Waals surface area contributed by atoms with Gasteiger partial charge in [0.25, 0.3) is 0 Å². The fourth-order valence-electron chi connectivity index (χ4n) is 3.61. The first-order chi connectivity index (χ1) is 11.2. The number of likely N-dealkylation sites (tertiary alicyclic amines) is 1. The van der Waals surface area contributed by atoms with E-state index in [1.807, 2.05) is 23.1 Å². The van der Waals surface area contributed by atoms with E-state index in [-0.39, 0.29) is 24.1 Å². The van der Waals surface area contributed by atoms with Gasteiger partial charge in [-0.2, -0.15) is 0 Å². The van der Waals surface area contributed by atoms with E-state index in [0.29, 0.717) is 0 Å². The monoisotopic (exact) mass is 316 g/mol. The van der Waals surface area contributed by atoms with Crippen molar-refractivity contribution in [3.63, 3.8) is 0 Å². The Labute approximate surface area is 139 Å². The van der Waals surface area contributed by atoms with Gasteiger partial charge in [0.2, 0.25) is 5.91 Å². The number of amides is 1. The molecule has 4 heteroatoms. The fraction of sp³-hybridized carbons (Fsp3) is 0.632. The number of hydrogen-bond donors (Lipinski definition) is 1. The average Bonchev–Trinajstić information content (AvgIpc) is 3.00. The Morgan fingerprint density at radius 3 is 2.65 bits per heavy atom. The van der Waals surface area contributed by atoms with E-state index < -0.39 is 0 Å². The molecule has 1 aromatic carbocycles. The maximum Gasteiger partial charge on any atom is 0.240 e. The molecule has 0 saturated carbocycles. The predicted molar refractivity (Wildman–Crippen MR) is 91.3 cm³/mol. The zero-order chi connectivity index (χ0) is 16.1. The fourth-order valence-corrected chi connectivity index (χ4v) is 3.61. The summed E-state index contributed by atoms with van der Waals surface area (Å²) in [6.07, 6.45) is 5.43. The smallest absolute Gasteiger partial charge is 0.240 e. The van der Waals surface area contributed by atoms with Gasteiger partial charge in [0.15, 0.2) is 0 Å². The summed E-state index contributed by atoms with van der Waals surface area (Å²) in [5.74, 6) is 0.257. The Bertz CT molecular complexity index is 499. The standard InChI is InChI=1S/C19H28N2O2/c1-15-17(10-13-23-15)20-18(14-16-8-4-2-5-9-16)19(22)21-11-6-3-7-12-21/h2,4-5,8-9,15,17-18,20H,3,6-7,10-14H2,1H3/t15-,17+,18-/m0/s1. The highest BCUT2D eigenvalue weighted by atomic mass is 16.5. The second-order valence-electron chi connectivity index (χ2n) is 6.77. The van der Waals surface area contributed by atoms with E-state index in [2.05, 4.69) is 24.4 Å². The maximum atomic E-state index is 13.0. The Morgan fingerprint density at radius 2 is 2.00 bits per heavy atom. The van der Waals surface area contributed by atoms with Gasteiger partial charge in [-0.05, 0) is 44.6 Å². The third-order valence-corrected chi connectivity index (χ3v) is 5.04. The predicted octanol–water partition coefficient (Wildman–Crippen LogP) is 2.38. The van der Waals surface area contributed by atoms with Crippen molar-refractivity contribution < 1.29 is 9.53 Å². The van der Waals surface area contributed by atoms with Gasteiger partial charge in [0.1, 0.15) is 0 Å². The molecule has 4 nitrogen and oxygen atoms in total. The molecule has 23 heavy (non-hydrogen) atoms. The van der Waals surface area contributed by atoms with Crippen molar-refractivity contribution in [2.24, 2.45) is 0 Å². The summed E-state index contributed by atoms with van der Waals surface area (Å²) in [6.45, 7) is 4.69. The molecule has 2 fully saturated rings. The Hall–Kier alpha value is -1.39. The Morgan fingerprint density at radius 1 is 1.26 bits per heavy atom. The molecule has 2 aliphatic rings. The van der Waals surface area contributed by atoms with Gasteiger partial charge in [-0.3, -0.25) is 4.79 Å². The van der Waals surface area contributed by atoms with Crippen LogP contribution in [-0.4, -0.2) is 48.7 Å². The first-order valence-corrected chi connectivity index (χ1v) is 8.94. The Balaban J connectivity index is 1.70. The van der Waals surface area contributed by atoms with Crippen LogP contribution in [0.1, 0.15) is 38.2 Å². The largest absolute Gasteiger partial charge is 0.377 e. The van der Waals surface area contributed by atoms with Crippen molar-refractivity contribution in [3.8, 4) is 0 Å². The number of nitrogens with zero attached hydrogens (tertiary/aromatic N) is 1. The van der Waals surface area contributed by atoms with Crippen molar-refractivity contribution in [1.29, 1.82) is 0 Å². The Kier molecular flexibility index (Phi) is 5.68. The van der Waals surface area contributed by atoms with E-state index in [1.165, 1.54) is 12.0 Å². The zero-order valence-corrected chi connectivity index (χ0v) is 14.0. The van der Waals surface area contributed by atoms with Gasteiger partial charge in [-0.1, -0.05) is 30.3 Å². The minimum absolute atomic E-state index is 0.148. The lowest BCUT2D eigenvalue weighted by Crippen LogP contribution is -2.53. The summed E-state index contributed by atoms with van der Waals surface area (Å²) in [5, 5.41) is 3.60. The lowest BCUT2D eigenvalue weighted by atomic mass is 10.0. The van der Waals surface area contributed by atoms with Gasteiger partial charge >= 0.3 is 0 Å². The minimum atomic E-state index is -0.148. The van der Waals surface area contributed by atoms with Gasteiger partial charge < -0.3 is 15.0 Å². The van der Waals surface area contributed by atoms with Gasteiger partial charge in [-0.15, -0.1) is 0 Å². The SMILES string of the molecule is C[C@@H]1OCC[C@H]1N[C@@H](Cc1ccccc1)C(=O)N1CCCCC1. The number of nitrogens with one attached hydrogen (secondary N) is 1. The molecule has 0 radical (unpaired) electrons. The van der Waals surface area contributed by atoms with Crippen LogP contribution in [0, 0.1) is 0 Å². The van der Waals surface area contributed by atoms with E-state index in [9.17, 15) is 4.79 Å². The van der Waals surface area contributed by atoms with E-state index in [0.717, 1.165) is 45.4 Å². The summed E-state index contributed by atoms with van der Waals surface area (Å²) in [7, 11) is 0. The summed E-state index contributed by atoms with van der Waals surface area (Å²) in [4.78, 5) is 15.1.